The van der Waals surface area contributed by atoms with Gasteiger partial charge in [-0.15, -0.1) is 0 Å². The number of rotatable bonds is 5. The van der Waals surface area contributed by atoms with Gasteiger partial charge >= 0.3 is 6.18 Å². The maximum absolute atomic E-state index is 12.8. The summed E-state index contributed by atoms with van der Waals surface area (Å²) in [4.78, 5) is 16.4. The average Bonchev–Trinajstić information content (AvgIpc) is 3.02. The average molecular weight is 361 g/mol. The second-order valence-electron chi connectivity index (χ2n) is 6.09. The monoisotopic (exact) mass is 361 g/mol. The van der Waals surface area contributed by atoms with Gasteiger partial charge in [-0.05, 0) is 36.8 Å². The van der Waals surface area contributed by atoms with Crippen molar-refractivity contribution in [3.63, 3.8) is 0 Å². The van der Waals surface area contributed by atoms with Crippen LogP contribution in [-0.4, -0.2) is 15.5 Å². The van der Waals surface area contributed by atoms with Crippen LogP contribution in [0.1, 0.15) is 30.5 Å². The van der Waals surface area contributed by atoms with Gasteiger partial charge < -0.3 is 9.88 Å². The van der Waals surface area contributed by atoms with Gasteiger partial charge in [0.15, 0.2) is 0 Å². The van der Waals surface area contributed by atoms with Crippen molar-refractivity contribution in [1.29, 1.82) is 0 Å². The molecule has 1 N–H and O–H groups in total. The summed E-state index contributed by atoms with van der Waals surface area (Å²) < 4.78 is 40.3. The SMILES string of the molecule is CC(NC(=O)CCn1cnc2ccccc21)c1cccc(C(F)(F)F)c1. The van der Waals surface area contributed by atoms with Crippen LogP contribution in [-0.2, 0) is 17.5 Å². The predicted octanol–water partition coefficient (Wildman–Crippen LogP) is 4.32. The third kappa shape index (κ3) is 4.04. The van der Waals surface area contributed by atoms with Crippen molar-refractivity contribution in [3.8, 4) is 0 Å². The van der Waals surface area contributed by atoms with E-state index < -0.39 is 17.8 Å². The predicted molar refractivity (Wildman–Crippen MR) is 92.4 cm³/mol. The number of amides is 1. The lowest BCUT2D eigenvalue weighted by Crippen LogP contribution is -2.27. The highest BCUT2D eigenvalue weighted by Crippen LogP contribution is 2.30. The Kier molecular flexibility index (Phi) is 4.97. The maximum atomic E-state index is 12.8. The van der Waals surface area contributed by atoms with Crippen LogP contribution in [0.2, 0.25) is 0 Å². The number of carbonyl (C=O) groups excluding carboxylic acids is 1. The van der Waals surface area contributed by atoms with E-state index >= 15 is 0 Å². The fourth-order valence-corrected chi connectivity index (χ4v) is 2.79. The molecule has 0 spiro atoms. The zero-order chi connectivity index (χ0) is 18.7. The molecule has 0 fully saturated rings. The topological polar surface area (TPSA) is 46.9 Å². The van der Waals surface area contributed by atoms with E-state index in [1.54, 1.807) is 19.3 Å². The first-order valence-electron chi connectivity index (χ1n) is 8.21. The van der Waals surface area contributed by atoms with Crippen LogP contribution in [0.25, 0.3) is 11.0 Å². The van der Waals surface area contributed by atoms with Gasteiger partial charge in [0.2, 0.25) is 5.91 Å². The highest BCUT2D eigenvalue weighted by atomic mass is 19.4. The minimum absolute atomic E-state index is 0.212. The molecule has 1 amide bonds. The Bertz CT molecular complexity index is 918. The molecule has 1 unspecified atom stereocenters. The molecule has 3 rings (SSSR count). The summed E-state index contributed by atoms with van der Waals surface area (Å²) in [5.74, 6) is -0.229. The van der Waals surface area contributed by atoms with Crippen molar-refractivity contribution in [1.82, 2.24) is 14.9 Å². The van der Waals surface area contributed by atoms with Gasteiger partial charge in [-0.25, -0.2) is 4.98 Å². The quantitative estimate of drug-likeness (QED) is 0.736. The van der Waals surface area contributed by atoms with Gasteiger partial charge in [-0.1, -0.05) is 24.3 Å². The van der Waals surface area contributed by atoms with Crippen LogP contribution < -0.4 is 5.32 Å². The molecular formula is C19H18F3N3O. The van der Waals surface area contributed by atoms with E-state index in [0.29, 0.717) is 12.1 Å². The minimum atomic E-state index is -4.40. The van der Waals surface area contributed by atoms with E-state index in [9.17, 15) is 18.0 Å². The molecule has 0 aliphatic rings. The van der Waals surface area contributed by atoms with E-state index in [0.717, 1.165) is 23.2 Å². The van der Waals surface area contributed by atoms with Crippen LogP contribution in [0, 0.1) is 0 Å². The number of fused-ring (bicyclic) bond motifs is 1. The number of hydrogen-bond donors (Lipinski definition) is 1. The van der Waals surface area contributed by atoms with E-state index in [4.69, 9.17) is 0 Å². The molecular weight excluding hydrogens is 343 g/mol. The highest BCUT2D eigenvalue weighted by Gasteiger charge is 2.30. The molecule has 1 atom stereocenters. The number of halogens is 3. The summed E-state index contributed by atoms with van der Waals surface area (Å²) in [7, 11) is 0. The lowest BCUT2D eigenvalue weighted by molar-refractivity contribution is -0.137. The summed E-state index contributed by atoms with van der Waals surface area (Å²) in [6, 6.07) is 12.1. The number of imidazole rings is 1. The molecule has 2 aromatic carbocycles. The molecule has 0 saturated carbocycles. The fraction of sp³-hybridized carbons (Fsp3) is 0.263. The highest BCUT2D eigenvalue weighted by molar-refractivity contribution is 5.77. The van der Waals surface area contributed by atoms with Crippen LogP contribution >= 0.6 is 0 Å². The molecule has 136 valence electrons. The van der Waals surface area contributed by atoms with Crippen molar-refractivity contribution >= 4 is 16.9 Å². The van der Waals surface area contributed by atoms with E-state index in [1.165, 1.54) is 6.07 Å². The molecule has 1 heterocycles. The lowest BCUT2D eigenvalue weighted by atomic mass is 10.0. The number of nitrogens with zero attached hydrogens (tertiary/aromatic N) is 2. The Morgan fingerprint density at radius 3 is 2.73 bits per heavy atom. The number of nitrogens with one attached hydrogen (secondary N) is 1. The molecule has 0 bridgehead atoms. The van der Waals surface area contributed by atoms with Crippen LogP contribution in [0.5, 0.6) is 0 Å². The van der Waals surface area contributed by atoms with Crippen molar-refractivity contribution in [2.45, 2.75) is 32.1 Å². The Morgan fingerprint density at radius 2 is 1.96 bits per heavy atom. The number of para-hydroxylation sites is 2. The van der Waals surface area contributed by atoms with Gasteiger partial charge in [-0.3, -0.25) is 4.79 Å². The number of aryl methyl sites for hydroxylation is 1. The van der Waals surface area contributed by atoms with Crippen molar-refractivity contribution < 1.29 is 18.0 Å². The second kappa shape index (κ2) is 7.19. The van der Waals surface area contributed by atoms with Gasteiger partial charge in [0, 0.05) is 13.0 Å². The maximum Gasteiger partial charge on any atom is 0.416 e. The van der Waals surface area contributed by atoms with E-state index in [1.807, 2.05) is 28.8 Å². The number of alkyl halides is 3. The number of benzene rings is 2. The Hall–Kier alpha value is -2.83. The van der Waals surface area contributed by atoms with E-state index in [-0.39, 0.29) is 12.3 Å². The zero-order valence-corrected chi connectivity index (χ0v) is 14.1. The summed E-state index contributed by atoms with van der Waals surface area (Å²) in [6.07, 6.45) is -2.51. The van der Waals surface area contributed by atoms with Gasteiger partial charge in [0.05, 0.1) is 29.0 Å². The molecule has 0 radical (unpaired) electrons. The molecule has 1 aromatic heterocycles. The van der Waals surface area contributed by atoms with Crippen molar-refractivity contribution in [2.24, 2.45) is 0 Å². The minimum Gasteiger partial charge on any atom is -0.350 e. The molecule has 7 heteroatoms. The fourth-order valence-electron chi connectivity index (χ4n) is 2.79. The third-order valence-corrected chi connectivity index (χ3v) is 4.20. The van der Waals surface area contributed by atoms with E-state index in [2.05, 4.69) is 10.3 Å². The normalized spacial score (nSPS) is 12.9. The first-order chi connectivity index (χ1) is 12.3. The van der Waals surface area contributed by atoms with Crippen molar-refractivity contribution in [2.75, 3.05) is 0 Å². The molecule has 0 saturated heterocycles. The lowest BCUT2D eigenvalue weighted by Gasteiger charge is -2.16. The first-order valence-corrected chi connectivity index (χ1v) is 8.21. The van der Waals surface area contributed by atoms with Crippen LogP contribution in [0.15, 0.2) is 54.9 Å². The Balaban J connectivity index is 1.61. The Labute approximate surface area is 148 Å². The molecule has 0 aliphatic carbocycles. The van der Waals surface area contributed by atoms with Gasteiger partial charge in [0.25, 0.3) is 0 Å². The standard InChI is InChI=1S/C19H18F3N3O/c1-13(14-5-4-6-15(11-14)19(20,21)22)24-18(26)9-10-25-12-23-16-7-2-3-8-17(16)25/h2-8,11-13H,9-10H2,1H3,(H,24,26). The Morgan fingerprint density at radius 1 is 1.19 bits per heavy atom. The van der Waals surface area contributed by atoms with Crippen LogP contribution in [0.3, 0.4) is 0 Å². The smallest absolute Gasteiger partial charge is 0.350 e. The number of hydrogen-bond acceptors (Lipinski definition) is 2. The molecule has 3 aromatic rings. The summed E-state index contributed by atoms with van der Waals surface area (Å²) >= 11 is 0. The summed E-state index contributed by atoms with van der Waals surface area (Å²) in [5.41, 5.74) is 1.48. The van der Waals surface area contributed by atoms with Crippen molar-refractivity contribution in [3.05, 3.63) is 66.0 Å². The third-order valence-electron chi connectivity index (χ3n) is 4.20. The number of aromatic nitrogens is 2. The van der Waals surface area contributed by atoms with Gasteiger partial charge in [0.1, 0.15) is 0 Å². The zero-order valence-electron chi connectivity index (χ0n) is 14.1. The molecule has 4 nitrogen and oxygen atoms in total. The summed E-state index contributed by atoms with van der Waals surface area (Å²) in [5, 5.41) is 2.75. The number of carbonyl (C=O) groups is 1. The largest absolute Gasteiger partial charge is 0.416 e. The first kappa shape index (κ1) is 18.0. The molecule has 26 heavy (non-hydrogen) atoms. The van der Waals surface area contributed by atoms with Crippen LogP contribution in [0.4, 0.5) is 13.2 Å². The second-order valence-corrected chi connectivity index (χ2v) is 6.09. The summed E-state index contributed by atoms with van der Waals surface area (Å²) in [6.45, 7) is 2.11. The van der Waals surface area contributed by atoms with Gasteiger partial charge in [-0.2, -0.15) is 13.2 Å². The molecule has 0 aliphatic heterocycles.